The van der Waals surface area contributed by atoms with Crippen molar-refractivity contribution in [2.75, 3.05) is 4.90 Å². The van der Waals surface area contributed by atoms with Gasteiger partial charge in [0.25, 0.3) is 0 Å². The molecule has 5 nitrogen and oxygen atoms in total. The molecule has 0 aliphatic heterocycles. The second-order valence-electron chi connectivity index (χ2n) is 12.3. The topological polar surface area (TPSA) is 55.1 Å². The van der Waals surface area contributed by atoms with Gasteiger partial charge in [-0.3, -0.25) is 0 Å². The third-order valence-electron chi connectivity index (χ3n) is 8.87. The van der Waals surface area contributed by atoms with E-state index in [2.05, 4.69) is 0 Å². The predicted molar refractivity (Wildman–Crippen MR) is 229 cm³/mol. The molecule has 8 aromatic carbocycles. The van der Waals surface area contributed by atoms with Crippen molar-refractivity contribution in [2.24, 2.45) is 0 Å². The highest BCUT2D eigenvalue weighted by molar-refractivity contribution is 6.16. The molecular weight excluding hydrogens is 685 g/mol. The third-order valence-corrected chi connectivity index (χ3v) is 8.87. The maximum absolute atomic E-state index is 9.66. The smallest absolute Gasteiger partial charge is 0.167 e. The van der Waals surface area contributed by atoms with Gasteiger partial charge in [0, 0.05) is 39.0 Å². The van der Waals surface area contributed by atoms with Crippen molar-refractivity contribution in [2.45, 2.75) is 0 Å². The highest BCUT2D eigenvalue weighted by atomic mass is 16.3. The number of rotatable bonds is 8. The molecule has 10 aromatic rings. The third kappa shape index (κ3) is 6.17. The Bertz CT molecular complexity index is 3850. The lowest BCUT2D eigenvalue weighted by atomic mass is 9.96. The van der Waals surface area contributed by atoms with E-state index in [9.17, 15) is 8.22 Å². The van der Waals surface area contributed by atoms with E-state index in [1.807, 2.05) is 60.7 Å². The fourth-order valence-corrected chi connectivity index (χ4v) is 6.30. The fraction of sp³-hybridized carbons (Fsp3) is 0. The molecule has 10 rings (SSSR count). The van der Waals surface area contributed by atoms with Crippen molar-refractivity contribution in [3.05, 3.63) is 206 Å². The summed E-state index contributed by atoms with van der Waals surface area (Å²) in [5.41, 5.74) is -1.81. The van der Waals surface area contributed by atoms with Gasteiger partial charge in [-0.15, -0.1) is 0 Å². The van der Waals surface area contributed by atoms with Gasteiger partial charge >= 0.3 is 0 Å². The molecule has 56 heavy (non-hydrogen) atoms. The van der Waals surface area contributed by atoms with Crippen LogP contribution in [-0.4, -0.2) is 15.0 Å². The molecular formula is C51H34N4O. The first kappa shape index (κ1) is 19.1. The van der Waals surface area contributed by atoms with E-state index in [1.165, 1.54) is 0 Å². The largest absolute Gasteiger partial charge is 0.455 e. The Kier molecular flexibility index (Phi) is 4.88. The number of hydrogen-bond acceptors (Lipinski definition) is 5. The Morgan fingerprint density at radius 2 is 0.875 bits per heavy atom. The summed E-state index contributed by atoms with van der Waals surface area (Å²) in [5.74, 6) is 0.911. The summed E-state index contributed by atoms with van der Waals surface area (Å²) in [7, 11) is 0. The lowest BCUT2D eigenvalue weighted by Crippen LogP contribution is -2.09. The van der Waals surface area contributed by atoms with Crippen molar-refractivity contribution in [1.82, 2.24) is 15.0 Å². The number of anilines is 3. The monoisotopic (exact) mass is 736 g/mol. The summed E-state index contributed by atoms with van der Waals surface area (Å²) < 4.78 is 167. The van der Waals surface area contributed by atoms with Gasteiger partial charge < -0.3 is 9.32 Å². The minimum absolute atomic E-state index is 0.138. The summed E-state index contributed by atoms with van der Waals surface area (Å²) in [4.78, 5) is 15.1. The van der Waals surface area contributed by atoms with Crippen LogP contribution >= 0.6 is 0 Å². The molecule has 0 radical (unpaired) electrons. The summed E-state index contributed by atoms with van der Waals surface area (Å²) >= 11 is 0. The van der Waals surface area contributed by atoms with Crippen molar-refractivity contribution < 1.29 is 29.1 Å². The van der Waals surface area contributed by atoms with Crippen molar-refractivity contribution in [3.8, 4) is 56.4 Å². The van der Waals surface area contributed by atoms with Gasteiger partial charge in [0.2, 0.25) is 0 Å². The Hall–Kier alpha value is -7.63. The number of para-hydroxylation sites is 2. The van der Waals surface area contributed by atoms with Crippen LogP contribution in [0.5, 0.6) is 0 Å². The van der Waals surface area contributed by atoms with E-state index in [0.29, 0.717) is 49.6 Å². The van der Waals surface area contributed by atoms with Crippen LogP contribution in [0, 0.1) is 0 Å². The maximum atomic E-state index is 9.66. The molecule has 0 N–H and O–H groups in total. The van der Waals surface area contributed by atoms with Crippen LogP contribution < -0.4 is 4.90 Å². The molecule has 2 aromatic heterocycles. The molecule has 0 unspecified atom stereocenters. The van der Waals surface area contributed by atoms with Crippen LogP contribution in [0.3, 0.4) is 0 Å². The van der Waals surface area contributed by atoms with E-state index in [1.54, 1.807) is 36.4 Å². The summed E-state index contributed by atoms with van der Waals surface area (Å²) in [6.45, 7) is 0. The van der Waals surface area contributed by atoms with E-state index >= 15 is 0 Å². The van der Waals surface area contributed by atoms with Gasteiger partial charge in [-0.2, -0.15) is 0 Å². The molecule has 0 fully saturated rings. The minimum atomic E-state index is -1.05. The fourth-order valence-electron chi connectivity index (χ4n) is 6.30. The van der Waals surface area contributed by atoms with Gasteiger partial charge in [-0.1, -0.05) is 157 Å². The summed E-state index contributed by atoms with van der Waals surface area (Å²) in [6, 6.07) is 12.5. The number of furan rings is 1. The van der Waals surface area contributed by atoms with Crippen molar-refractivity contribution in [3.63, 3.8) is 0 Å². The lowest BCUT2D eigenvalue weighted by molar-refractivity contribution is 0.669. The van der Waals surface area contributed by atoms with Crippen molar-refractivity contribution in [1.29, 1.82) is 0 Å². The molecule has 5 heteroatoms. The quantitative estimate of drug-likeness (QED) is 0.155. The molecule has 0 spiro atoms. The standard InChI is InChI=1S/C51H34N4O/c1-5-15-35(16-6-1)36-25-29-41(30-26-36)55(40-21-11-4-12-22-40)42-31-27-37(28-32-42)43-33-34-45(48-47(43)44-23-13-14-24-46(44)56-48)51-53-49(38-17-7-2-8-18-38)52-50(54-51)39-19-9-3-10-20-39/h1-34H/i1D,4D,5D,6D,11D,12D,15D,16D,21D,22D,25D,26D,27D,28D,29D,30D,31D,32D. The van der Waals surface area contributed by atoms with E-state index in [-0.39, 0.29) is 22.5 Å². The number of fused-ring (bicyclic) bond motifs is 3. The van der Waals surface area contributed by atoms with Gasteiger partial charge in [0.05, 0.1) is 30.2 Å². The first-order valence-electron chi connectivity index (χ1n) is 26.2. The summed E-state index contributed by atoms with van der Waals surface area (Å²) in [6.07, 6.45) is 0. The zero-order valence-corrected chi connectivity index (χ0v) is 28.9. The zero-order chi connectivity index (χ0) is 52.9. The molecule has 0 saturated heterocycles. The second kappa shape index (κ2) is 14.3. The average Bonchev–Trinajstić information content (AvgIpc) is 3.81. The number of aromatic nitrogens is 3. The molecule has 2 heterocycles. The Morgan fingerprint density at radius 1 is 0.393 bits per heavy atom. The molecule has 0 amide bonds. The van der Waals surface area contributed by atoms with Crippen LogP contribution in [0.1, 0.15) is 24.7 Å². The SMILES string of the molecule is [2H]c1c([2H])c([2H])c(-c2c([2H])c([2H])c(N(c3c([2H])c([2H])c([2H])c([2H])c3[2H])c3c([2H])c([2H])c(-c4ccc(-c5nc(-c6ccccc6)nc(-c6ccccc6)n5)c5oc6ccccc6c45)c([2H])c3[2H])c([2H])c2[2H])c([2H])c1[2H]. The molecule has 0 bridgehead atoms. The Balaban J connectivity index is 1.25. The second-order valence-corrected chi connectivity index (χ2v) is 12.3. The van der Waals surface area contributed by atoms with E-state index in [0.717, 1.165) is 0 Å². The zero-order valence-electron chi connectivity index (χ0n) is 46.9. The number of hydrogen-bond donors (Lipinski definition) is 0. The molecule has 0 atom stereocenters. The van der Waals surface area contributed by atoms with Crippen molar-refractivity contribution >= 4 is 39.0 Å². The normalized spacial score (nSPS) is 15.7. The van der Waals surface area contributed by atoms with Gasteiger partial charge in [-0.25, -0.2) is 15.0 Å². The Morgan fingerprint density at radius 3 is 1.50 bits per heavy atom. The van der Waals surface area contributed by atoms with Crippen LogP contribution in [0.15, 0.2) is 210 Å². The molecule has 0 aliphatic carbocycles. The maximum Gasteiger partial charge on any atom is 0.167 e. The van der Waals surface area contributed by atoms with Crippen LogP contribution in [0.2, 0.25) is 0 Å². The van der Waals surface area contributed by atoms with E-state index < -0.39 is 137 Å². The number of benzene rings is 8. The van der Waals surface area contributed by atoms with Crippen LogP contribution in [0.25, 0.3) is 78.4 Å². The number of nitrogens with zero attached hydrogens (tertiary/aromatic N) is 4. The van der Waals surface area contributed by atoms with Gasteiger partial charge in [0.15, 0.2) is 17.5 Å². The average molecular weight is 737 g/mol. The van der Waals surface area contributed by atoms with Crippen LogP contribution in [0.4, 0.5) is 17.1 Å². The van der Waals surface area contributed by atoms with Gasteiger partial charge in [0.1, 0.15) is 11.2 Å². The first-order chi connectivity index (χ1) is 35.3. The molecule has 0 saturated carbocycles. The highest BCUT2D eigenvalue weighted by Gasteiger charge is 2.21. The lowest BCUT2D eigenvalue weighted by Gasteiger charge is -2.26. The van der Waals surface area contributed by atoms with Gasteiger partial charge in [-0.05, 0) is 70.6 Å². The molecule has 0 aliphatic rings. The summed E-state index contributed by atoms with van der Waals surface area (Å²) in [5, 5.41) is 0.837. The van der Waals surface area contributed by atoms with E-state index in [4.69, 9.17) is 35.8 Å². The minimum Gasteiger partial charge on any atom is -0.455 e. The Labute approximate surface area is 350 Å². The predicted octanol–water partition coefficient (Wildman–Crippen LogP) is 13.6. The highest BCUT2D eigenvalue weighted by Crippen LogP contribution is 2.43. The first-order valence-corrected chi connectivity index (χ1v) is 17.2. The van der Waals surface area contributed by atoms with Crippen LogP contribution in [-0.2, 0) is 0 Å². The molecule has 264 valence electrons.